The van der Waals surface area contributed by atoms with Crippen LogP contribution in [0, 0.1) is 0 Å². The highest BCUT2D eigenvalue weighted by Crippen LogP contribution is 2.16. The molecule has 122 valence electrons. The summed E-state index contributed by atoms with van der Waals surface area (Å²) in [6.45, 7) is 2.75. The molecule has 1 aromatic heterocycles. The van der Waals surface area contributed by atoms with Gasteiger partial charge in [-0.3, -0.25) is 9.59 Å². The molecule has 0 unspecified atom stereocenters. The smallest absolute Gasteiger partial charge is 0.305 e. The quantitative estimate of drug-likeness (QED) is 0.421. The van der Waals surface area contributed by atoms with Crippen LogP contribution in [0.4, 0.5) is 0 Å². The van der Waals surface area contributed by atoms with Gasteiger partial charge in [-0.15, -0.1) is 0 Å². The Morgan fingerprint density at radius 1 is 1.18 bits per heavy atom. The van der Waals surface area contributed by atoms with Gasteiger partial charge in [-0.25, -0.2) is 4.98 Å². The number of carbonyl (C=O) groups is 2. The topological polar surface area (TPSA) is 68.3 Å². The standard InChI is InChI=1S/C15H20Cl2N2O3/c1-2-22-13(20)7-5-3-4-6-10-18-15(21)14-11(16)8-9-12(17)19-14/h8-9H,2-7,10H2,1H3,(H,18,21). The van der Waals surface area contributed by atoms with Crippen LogP contribution >= 0.6 is 23.2 Å². The predicted molar refractivity (Wildman–Crippen MR) is 86.3 cm³/mol. The van der Waals surface area contributed by atoms with E-state index in [4.69, 9.17) is 27.9 Å². The number of hydrogen-bond donors (Lipinski definition) is 1. The van der Waals surface area contributed by atoms with Gasteiger partial charge in [-0.1, -0.05) is 36.0 Å². The van der Waals surface area contributed by atoms with Crippen molar-refractivity contribution in [3.05, 3.63) is 28.0 Å². The van der Waals surface area contributed by atoms with Crippen LogP contribution in [0.15, 0.2) is 12.1 Å². The Kier molecular flexibility index (Phi) is 8.85. The highest BCUT2D eigenvalue weighted by molar-refractivity contribution is 6.34. The number of ether oxygens (including phenoxy) is 1. The second-order valence-corrected chi connectivity index (χ2v) is 5.48. The maximum absolute atomic E-state index is 11.9. The third kappa shape index (κ3) is 7.09. The third-order valence-corrected chi connectivity index (χ3v) is 3.44. The summed E-state index contributed by atoms with van der Waals surface area (Å²) in [5.41, 5.74) is 0.136. The molecular formula is C15H20Cl2N2O3. The summed E-state index contributed by atoms with van der Waals surface area (Å²) in [6, 6.07) is 3.07. The van der Waals surface area contributed by atoms with E-state index in [0.717, 1.165) is 25.7 Å². The number of nitrogens with zero attached hydrogens (tertiary/aromatic N) is 1. The first-order valence-electron chi connectivity index (χ1n) is 7.30. The van der Waals surface area contributed by atoms with Gasteiger partial charge in [0.1, 0.15) is 10.8 Å². The zero-order valence-corrected chi connectivity index (χ0v) is 14.0. The minimum atomic E-state index is -0.334. The van der Waals surface area contributed by atoms with E-state index in [2.05, 4.69) is 10.3 Å². The maximum Gasteiger partial charge on any atom is 0.305 e. The highest BCUT2D eigenvalue weighted by atomic mass is 35.5. The van der Waals surface area contributed by atoms with Crippen LogP contribution in [-0.2, 0) is 9.53 Å². The molecule has 5 nitrogen and oxygen atoms in total. The highest BCUT2D eigenvalue weighted by Gasteiger charge is 2.12. The van der Waals surface area contributed by atoms with E-state index < -0.39 is 0 Å². The van der Waals surface area contributed by atoms with Crippen molar-refractivity contribution in [1.82, 2.24) is 10.3 Å². The van der Waals surface area contributed by atoms with Gasteiger partial charge in [0.05, 0.1) is 11.6 Å². The first kappa shape index (κ1) is 18.7. The molecule has 0 bridgehead atoms. The van der Waals surface area contributed by atoms with Crippen molar-refractivity contribution in [2.24, 2.45) is 0 Å². The molecule has 0 spiro atoms. The number of aromatic nitrogens is 1. The predicted octanol–water partition coefficient (Wildman–Crippen LogP) is 3.63. The van der Waals surface area contributed by atoms with Gasteiger partial charge < -0.3 is 10.1 Å². The number of carbonyl (C=O) groups excluding carboxylic acids is 2. The summed E-state index contributed by atoms with van der Waals surface area (Å²) < 4.78 is 4.84. The lowest BCUT2D eigenvalue weighted by molar-refractivity contribution is -0.143. The zero-order valence-electron chi connectivity index (χ0n) is 12.5. The van der Waals surface area contributed by atoms with E-state index in [1.807, 2.05) is 0 Å². The number of pyridine rings is 1. The molecule has 1 amide bonds. The minimum Gasteiger partial charge on any atom is -0.466 e. The summed E-state index contributed by atoms with van der Waals surface area (Å²) >= 11 is 11.6. The number of unbranched alkanes of at least 4 members (excludes halogenated alkanes) is 3. The van der Waals surface area contributed by atoms with Crippen LogP contribution < -0.4 is 5.32 Å². The van der Waals surface area contributed by atoms with Crippen LogP contribution in [0.25, 0.3) is 0 Å². The average Bonchev–Trinajstić information content (AvgIpc) is 2.48. The van der Waals surface area contributed by atoms with E-state index in [1.165, 1.54) is 6.07 Å². The Morgan fingerprint density at radius 2 is 1.91 bits per heavy atom. The SMILES string of the molecule is CCOC(=O)CCCCCCNC(=O)c1nc(Cl)ccc1Cl. The van der Waals surface area contributed by atoms with E-state index in [1.54, 1.807) is 13.0 Å². The number of rotatable bonds is 9. The second kappa shape index (κ2) is 10.4. The van der Waals surface area contributed by atoms with Crippen molar-refractivity contribution in [3.8, 4) is 0 Å². The lowest BCUT2D eigenvalue weighted by atomic mass is 10.1. The minimum absolute atomic E-state index is 0.136. The van der Waals surface area contributed by atoms with Crippen molar-refractivity contribution in [3.63, 3.8) is 0 Å². The van der Waals surface area contributed by atoms with Crippen molar-refractivity contribution < 1.29 is 14.3 Å². The molecule has 0 fully saturated rings. The fourth-order valence-corrected chi connectivity index (χ4v) is 2.18. The third-order valence-electron chi connectivity index (χ3n) is 2.93. The Morgan fingerprint density at radius 3 is 2.64 bits per heavy atom. The average molecular weight is 347 g/mol. The Hall–Kier alpha value is -1.33. The summed E-state index contributed by atoms with van der Waals surface area (Å²) in [4.78, 5) is 26.9. The van der Waals surface area contributed by atoms with E-state index in [-0.39, 0.29) is 27.7 Å². The fourth-order valence-electron chi connectivity index (χ4n) is 1.84. The van der Waals surface area contributed by atoms with Gasteiger partial charge in [0.2, 0.25) is 0 Å². The number of hydrogen-bond acceptors (Lipinski definition) is 4. The van der Waals surface area contributed by atoms with Crippen LogP contribution in [0.2, 0.25) is 10.2 Å². The normalized spacial score (nSPS) is 10.3. The Balaban J connectivity index is 2.15. The molecule has 0 aliphatic rings. The molecule has 22 heavy (non-hydrogen) atoms. The monoisotopic (exact) mass is 346 g/mol. The van der Waals surface area contributed by atoms with Crippen LogP contribution in [0.5, 0.6) is 0 Å². The van der Waals surface area contributed by atoms with Crippen molar-refractivity contribution in [2.75, 3.05) is 13.2 Å². The van der Waals surface area contributed by atoms with Gasteiger partial charge in [0.25, 0.3) is 5.91 Å². The van der Waals surface area contributed by atoms with E-state index in [0.29, 0.717) is 19.6 Å². The summed E-state index contributed by atoms with van der Waals surface area (Å²) in [5, 5.41) is 3.26. The Bertz CT molecular complexity index is 510. The van der Waals surface area contributed by atoms with Crippen molar-refractivity contribution in [2.45, 2.75) is 39.0 Å². The molecule has 1 N–H and O–H groups in total. The number of amides is 1. The number of halogens is 2. The molecule has 7 heteroatoms. The van der Waals surface area contributed by atoms with Crippen molar-refractivity contribution in [1.29, 1.82) is 0 Å². The summed E-state index contributed by atoms with van der Waals surface area (Å²) in [5.74, 6) is -0.489. The first-order valence-corrected chi connectivity index (χ1v) is 8.06. The van der Waals surface area contributed by atoms with Gasteiger partial charge in [0, 0.05) is 13.0 Å². The van der Waals surface area contributed by atoms with Crippen LogP contribution in [0.1, 0.15) is 49.5 Å². The molecule has 1 heterocycles. The first-order chi connectivity index (χ1) is 10.5. The molecule has 0 saturated heterocycles. The number of esters is 1. The van der Waals surface area contributed by atoms with Gasteiger partial charge >= 0.3 is 5.97 Å². The second-order valence-electron chi connectivity index (χ2n) is 4.69. The van der Waals surface area contributed by atoms with E-state index in [9.17, 15) is 9.59 Å². The molecule has 0 aliphatic carbocycles. The molecule has 1 rings (SSSR count). The van der Waals surface area contributed by atoms with Crippen LogP contribution in [-0.4, -0.2) is 30.0 Å². The Labute approximate surface area is 140 Å². The molecule has 0 radical (unpaired) electrons. The zero-order chi connectivity index (χ0) is 16.4. The molecular weight excluding hydrogens is 327 g/mol. The molecule has 0 atom stereocenters. The maximum atomic E-state index is 11.9. The largest absolute Gasteiger partial charge is 0.466 e. The summed E-state index contributed by atoms with van der Waals surface area (Å²) in [6.07, 6.45) is 3.92. The van der Waals surface area contributed by atoms with Gasteiger partial charge in [0.15, 0.2) is 0 Å². The molecule has 0 saturated carbocycles. The number of nitrogens with one attached hydrogen (secondary N) is 1. The van der Waals surface area contributed by atoms with Crippen LogP contribution in [0.3, 0.4) is 0 Å². The fraction of sp³-hybridized carbons (Fsp3) is 0.533. The van der Waals surface area contributed by atoms with E-state index >= 15 is 0 Å². The summed E-state index contributed by atoms with van der Waals surface area (Å²) in [7, 11) is 0. The molecule has 1 aromatic rings. The van der Waals surface area contributed by atoms with Gasteiger partial charge in [-0.2, -0.15) is 0 Å². The molecule has 0 aliphatic heterocycles. The van der Waals surface area contributed by atoms with Crippen molar-refractivity contribution >= 4 is 35.1 Å². The molecule has 0 aromatic carbocycles. The lowest BCUT2D eigenvalue weighted by Gasteiger charge is -2.06. The lowest BCUT2D eigenvalue weighted by Crippen LogP contribution is -2.25. The van der Waals surface area contributed by atoms with Gasteiger partial charge in [-0.05, 0) is 31.9 Å².